The van der Waals surface area contributed by atoms with E-state index >= 15 is 0 Å². The number of amides is 1. The van der Waals surface area contributed by atoms with Gasteiger partial charge in [-0.3, -0.25) is 9.89 Å². The van der Waals surface area contributed by atoms with E-state index in [0.717, 1.165) is 29.1 Å². The third-order valence-electron chi connectivity index (χ3n) is 4.59. The molecule has 6 heteroatoms. The number of nitrogens with zero attached hydrogens (tertiary/aromatic N) is 2. The van der Waals surface area contributed by atoms with Crippen molar-refractivity contribution in [2.24, 2.45) is 0 Å². The van der Waals surface area contributed by atoms with Gasteiger partial charge >= 0.3 is 0 Å². The van der Waals surface area contributed by atoms with Gasteiger partial charge < -0.3 is 10.2 Å². The minimum atomic E-state index is 0.127. The monoisotopic (exact) mass is 332 g/mol. The number of aromatic nitrogens is 2. The molecular weight excluding hydrogens is 308 g/mol. The van der Waals surface area contributed by atoms with Crippen LogP contribution in [0.25, 0.3) is 10.6 Å². The smallest absolute Gasteiger partial charge is 0.220 e. The van der Waals surface area contributed by atoms with E-state index in [0.29, 0.717) is 19.0 Å². The molecule has 23 heavy (non-hydrogen) atoms. The van der Waals surface area contributed by atoms with Gasteiger partial charge in [-0.2, -0.15) is 5.10 Å². The first-order valence-corrected chi connectivity index (χ1v) is 9.15. The average molecular weight is 332 g/mol. The first kappa shape index (κ1) is 16.2. The van der Waals surface area contributed by atoms with Crippen LogP contribution in [0.15, 0.2) is 23.7 Å². The summed E-state index contributed by atoms with van der Waals surface area (Å²) >= 11 is 1.67. The Labute approximate surface area is 141 Å². The highest BCUT2D eigenvalue weighted by atomic mass is 32.1. The molecule has 124 valence electrons. The molecule has 3 rings (SSSR count). The number of carbonyl (C=O) groups excluding carboxylic acids is 1. The van der Waals surface area contributed by atoms with E-state index in [2.05, 4.69) is 33.5 Å². The Kier molecular flexibility index (Phi) is 5.46. The summed E-state index contributed by atoms with van der Waals surface area (Å²) in [5.41, 5.74) is 2.04. The predicted molar refractivity (Wildman–Crippen MR) is 93.3 cm³/mol. The first-order chi connectivity index (χ1) is 11.2. The van der Waals surface area contributed by atoms with Crippen LogP contribution in [-0.2, 0) is 11.3 Å². The molecule has 0 aliphatic carbocycles. The van der Waals surface area contributed by atoms with Gasteiger partial charge in [0.1, 0.15) is 0 Å². The number of thiophene rings is 1. The maximum absolute atomic E-state index is 12.1. The topological polar surface area (TPSA) is 61.0 Å². The molecule has 2 aromatic rings. The second-order valence-electron chi connectivity index (χ2n) is 6.19. The molecule has 1 unspecified atom stereocenters. The fraction of sp³-hybridized carbons (Fsp3) is 0.529. The molecular formula is C17H24N4OS. The van der Waals surface area contributed by atoms with Gasteiger partial charge in [0.15, 0.2) is 0 Å². The highest BCUT2D eigenvalue weighted by Crippen LogP contribution is 2.25. The standard InChI is InChI=1S/C17H24N4OS/c1-21-9-3-2-5-14(21)7-8-16(22)18-11-13-12-19-20-17(13)15-6-4-10-23-15/h4,6,10,12,14H,2-3,5,7-9,11H2,1H3,(H,18,22)(H,19,20). The lowest BCUT2D eigenvalue weighted by atomic mass is 9.98. The SMILES string of the molecule is CN1CCCCC1CCC(=O)NCc1cn[nH]c1-c1cccs1. The number of nitrogens with one attached hydrogen (secondary N) is 2. The lowest BCUT2D eigenvalue weighted by molar-refractivity contribution is -0.121. The first-order valence-electron chi connectivity index (χ1n) is 8.27. The van der Waals surface area contributed by atoms with Crippen molar-refractivity contribution in [3.8, 4) is 10.6 Å². The van der Waals surface area contributed by atoms with Gasteiger partial charge in [-0.1, -0.05) is 12.5 Å². The summed E-state index contributed by atoms with van der Waals surface area (Å²) in [5.74, 6) is 0.127. The molecule has 5 nitrogen and oxygen atoms in total. The zero-order valence-electron chi connectivity index (χ0n) is 13.5. The van der Waals surface area contributed by atoms with E-state index in [1.54, 1.807) is 17.5 Å². The minimum Gasteiger partial charge on any atom is -0.352 e. The molecule has 3 heterocycles. The number of likely N-dealkylation sites (tertiary alicyclic amines) is 1. The molecule has 1 aliphatic heterocycles. The van der Waals surface area contributed by atoms with Crippen molar-refractivity contribution in [3.63, 3.8) is 0 Å². The highest BCUT2D eigenvalue weighted by Gasteiger charge is 2.19. The summed E-state index contributed by atoms with van der Waals surface area (Å²) in [6.45, 7) is 1.69. The Balaban J connectivity index is 1.47. The summed E-state index contributed by atoms with van der Waals surface area (Å²) < 4.78 is 0. The van der Waals surface area contributed by atoms with Crippen LogP contribution in [0.5, 0.6) is 0 Å². The number of carbonyl (C=O) groups is 1. The molecule has 0 radical (unpaired) electrons. The number of piperidine rings is 1. The van der Waals surface area contributed by atoms with E-state index in [1.165, 1.54) is 19.3 Å². The van der Waals surface area contributed by atoms with Crippen LogP contribution in [-0.4, -0.2) is 40.6 Å². The third-order valence-corrected chi connectivity index (χ3v) is 5.47. The Hall–Kier alpha value is -1.66. The quantitative estimate of drug-likeness (QED) is 0.855. The zero-order chi connectivity index (χ0) is 16.1. The summed E-state index contributed by atoms with van der Waals surface area (Å²) in [7, 11) is 2.17. The van der Waals surface area contributed by atoms with E-state index < -0.39 is 0 Å². The van der Waals surface area contributed by atoms with Crippen LogP contribution < -0.4 is 5.32 Å². The summed E-state index contributed by atoms with van der Waals surface area (Å²) in [6, 6.07) is 4.64. The van der Waals surface area contributed by atoms with Crippen molar-refractivity contribution in [2.75, 3.05) is 13.6 Å². The molecule has 2 aromatic heterocycles. The van der Waals surface area contributed by atoms with Crippen molar-refractivity contribution in [3.05, 3.63) is 29.3 Å². The molecule has 1 saturated heterocycles. The van der Waals surface area contributed by atoms with Gasteiger partial charge in [0.2, 0.25) is 5.91 Å². The molecule has 0 spiro atoms. The predicted octanol–water partition coefficient (Wildman–Crippen LogP) is 3.02. The molecule has 1 atom stereocenters. The number of rotatable bonds is 6. The van der Waals surface area contributed by atoms with Crippen LogP contribution in [0, 0.1) is 0 Å². The van der Waals surface area contributed by atoms with Crippen LogP contribution in [0.1, 0.15) is 37.7 Å². The van der Waals surface area contributed by atoms with E-state index in [9.17, 15) is 4.79 Å². The Morgan fingerprint density at radius 3 is 3.22 bits per heavy atom. The molecule has 0 saturated carbocycles. The number of H-pyrrole nitrogens is 1. The van der Waals surface area contributed by atoms with Gasteiger partial charge in [0.25, 0.3) is 0 Å². The van der Waals surface area contributed by atoms with Gasteiger partial charge in [0.05, 0.1) is 16.8 Å². The zero-order valence-corrected chi connectivity index (χ0v) is 14.4. The van der Waals surface area contributed by atoms with Crippen LogP contribution in [0.2, 0.25) is 0 Å². The average Bonchev–Trinajstić information content (AvgIpc) is 3.22. The molecule has 0 aromatic carbocycles. The highest BCUT2D eigenvalue weighted by molar-refractivity contribution is 7.13. The summed E-state index contributed by atoms with van der Waals surface area (Å²) in [6.07, 6.45) is 7.13. The maximum atomic E-state index is 12.1. The summed E-state index contributed by atoms with van der Waals surface area (Å²) in [5, 5.41) is 12.2. The molecule has 0 bridgehead atoms. The van der Waals surface area contributed by atoms with E-state index in [4.69, 9.17) is 0 Å². The molecule has 1 fully saturated rings. The van der Waals surface area contributed by atoms with Crippen molar-refractivity contribution < 1.29 is 4.79 Å². The van der Waals surface area contributed by atoms with Crippen molar-refractivity contribution in [2.45, 2.75) is 44.7 Å². The summed E-state index contributed by atoms with van der Waals surface area (Å²) in [4.78, 5) is 15.7. The van der Waals surface area contributed by atoms with Gasteiger partial charge in [-0.25, -0.2) is 0 Å². The van der Waals surface area contributed by atoms with Crippen LogP contribution in [0.4, 0.5) is 0 Å². The minimum absolute atomic E-state index is 0.127. The van der Waals surface area contributed by atoms with Crippen LogP contribution >= 0.6 is 11.3 Å². The van der Waals surface area contributed by atoms with Crippen molar-refractivity contribution in [1.29, 1.82) is 0 Å². The second-order valence-corrected chi connectivity index (χ2v) is 7.14. The largest absolute Gasteiger partial charge is 0.352 e. The lowest BCUT2D eigenvalue weighted by Gasteiger charge is -2.32. The number of aromatic amines is 1. The van der Waals surface area contributed by atoms with Crippen molar-refractivity contribution >= 4 is 17.2 Å². The normalized spacial score (nSPS) is 18.9. The Morgan fingerprint density at radius 2 is 2.43 bits per heavy atom. The fourth-order valence-electron chi connectivity index (χ4n) is 3.17. The van der Waals surface area contributed by atoms with E-state index in [1.807, 2.05) is 11.4 Å². The Bertz CT molecular complexity index is 622. The lowest BCUT2D eigenvalue weighted by Crippen LogP contribution is -2.37. The number of hydrogen-bond donors (Lipinski definition) is 2. The molecule has 1 aliphatic rings. The molecule has 1 amide bonds. The van der Waals surface area contributed by atoms with Crippen molar-refractivity contribution in [1.82, 2.24) is 20.4 Å². The van der Waals surface area contributed by atoms with Gasteiger partial charge in [0, 0.05) is 24.6 Å². The van der Waals surface area contributed by atoms with E-state index in [-0.39, 0.29) is 5.91 Å². The van der Waals surface area contributed by atoms with Gasteiger partial charge in [-0.15, -0.1) is 11.3 Å². The fourth-order valence-corrected chi connectivity index (χ4v) is 3.92. The third kappa shape index (κ3) is 4.20. The second kappa shape index (κ2) is 7.75. The van der Waals surface area contributed by atoms with Gasteiger partial charge in [-0.05, 0) is 44.3 Å². The van der Waals surface area contributed by atoms with Crippen LogP contribution in [0.3, 0.4) is 0 Å². The molecule has 2 N–H and O–H groups in total. The number of hydrogen-bond acceptors (Lipinski definition) is 4. The Morgan fingerprint density at radius 1 is 1.52 bits per heavy atom. The maximum Gasteiger partial charge on any atom is 0.220 e.